The molecule has 16 heteroatoms. The van der Waals surface area contributed by atoms with Crippen LogP contribution < -0.4 is 22.1 Å². The molecular weight excluding hydrogens is 630 g/mol. The molecule has 17 unspecified atom stereocenters. The van der Waals surface area contributed by atoms with Crippen LogP contribution in [0.3, 0.4) is 0 Å². The molecule has 16 nitrogen and oxygen atoms in total. The molecule has 3 aliphatic carbocycles. The highest BCUT2D eigenvalue weighted by molar-refractivity contribution is 6.01. The number of nitrogens with one attached hydrogen (secondary N) is 2. The highest BCUT2D eigenvalue weighted by atomic mass is 16.7. The van der Waals surface area contributed by atoms with Crippen molar-refractivity contribution in [2.24, 2.45) is 63.8 Å². The number of guanidine groups is 1. The second kappa shape index (κ2) is 16.0. The van der Waals surface area contributed by atoms with Crippen LogP contribution in [-0.2, 0) is 23.8 Å². The molecule has 0 amide bonds. The Labute approximate surface area is 280 Å². The lowest BCUT2D eigenvalue weighted by Gasteiger charge is -2.55. The van der Waals surface area contributed by atoms with Gasteiger partial charge in [0, 0.05) is 57.4 Å². The minimum absolute atomic E-state index is 0.0232. The average Bonchev–Trinajstić information content (AvgIpc) is 3.09. The number of rotatable bonds is 10. The van der Waals surface area contributed by atoms with Crippen molar-refractivity contribution < 1.29 is 54.4 Å². The SMILES string of the molecule is CN=C(N)NCC1C(CCC2CCC(N)NC2)CC2C(=O)C3C(CO)C(OC)CC(OC4OC(CO)C(O)C(O)C4O)C3C(=O)C2C1O. The molecule has 5 fully saturated rings. The van der Waals surface area contributed by atoms with Gasteiger partial charge in [-0.25, -0.2) is 0 Å². The number of hydrogen-bond donors (Lipinski definition) is 10. The molecule has 5 rings (SSSR count). The summed E-state index contributed by atoms with van der Waals surface area (Å²) < 4.78 is 17.4. The molecule has 274 valence electrons. The van der Waals surface area contributed by atoms with Crippen molar-refractivity contribution in [2.75, 3.05) is 40.5 Å². The standard InChI is InChI=1S/C32H55N5O11/c1-35-32(34)37-10-16-14(5-3-13-4-6-21(33)36-9-13)7-15-23(26(16)41)28(43)24-19(8-18(46-2)17(11-38)22(24)25(15)40)47-31-30(45)29(44)27(42)20(12-39)48-31/h13-24,26-27,29-31,36,38-39,41-42,44-45H,3-12,33H2,1-2H3,(H3,34,35,37). The van der Waals surface area contributed by atoms with E-state index in [2.05, 4.69) is 15.6 Å². The lowest BCUT2D eigenvalue weighted by molar-refractivity contribution is -0.320. The molecule has 0 aromatic carbocycles. The number of ether oxygens (including phenoxy) is 3. The van der Waals surface area contributed by atoms with Crippen molar-refractivity contribution in [1.29, 1.82) is 0 Å². The van der Waals surface area contributed by atoms with E-state index in [-0.39, 0.29) is 42.6 Å². The highest BCUT2D eigenvalue weighted by Crippen LogP contribution is 2.53. The first-order valence-electron chi connectivity index (χ1n) is 17.3. The molecule has 17 atom stereocenters. The Morgan fingerprint density at radius 1 is 0.938 bits per heavy atom. The number of carbonyl (C=O) groups excluding carboxylic acids is 2. The summed E-state index contributed by atoms with van der Waals surface area (Å²) in [4.78, 5) is 33.2. The van der Waals surface area contributed by atoms with Crippen molar-refractivity contribution in [3.8, 4) is 0 Å². The van der Waals surface area contributed by atoms with Gasteiger partial charge in [0.25, 0.3) is 0 Å². The van der Waals surface area contributed by atoms with E-state index in [9.17, 15) is 40.2 Å². The second-order valence-electron chi connectivity index (χ2n) is 14.4. The van der Waals surface area contributed by atoms with Crippen LogP contribution in [0.4, 0.5) is 0 Å². The number of nitrogens with two attached hydrogens (primary N) is 2. The molecule has 0 spiro atoms. The fourth-order valence-corrected chi connectivity index (χ4v) is 9.14. The van der Waals surface area contributed by atoms with Crippen molar-refractivity contribution in [1.82, 2.24) is 10.6 Å². The Morgan fingerprint density at radius 2 is 1.69 bits per heavy atom. The van der Waals surface area contributed by atoms with Crippen LogP contribution in [0.25, 0.3) is 0 Å². The van der Waals surface area contributed by atoms with Gasteiger partial charge < -0.3 is 67.0 Å². The zero-order chi connectivity index (χ0) is 34.9. The Hall–Kier alpha value is -1.83. The summed E-state index contributed by atoms with van der Waals surface area (Å²) >= 11 is 0. The van der Waals surface area contributed by atoms with E-state index in [1.54, 1.807) is 7.05 Å². The van der Waals surface area contributed by atoms with E-state index in [0.717, 1.165) is 32.2 Å². The van der Waals surface area contributed by atoms with Crippen LogP contribution in [0.15, 0.2) is 4.99 Å². The van der Waals surface area contributed by atoms with Gasteiger partial charge in [0.1, 0.15) is 36.0 Å². The second-order valence-corrected chi connectivity index (χ2v) is 14.4. The molecule has 48 heavy (non-hydrogen) atoms. The minimum atomic E-state index is -1.72. The van der Waals surface area contributed by atoms with Crippen molar-refractivity contribution in [3.63, 3.8) is 0 Å². The van der Waals surface area contributed by atoms with Crippen LogP contribution in [0.2, 0.25) is 0 Å². The zero-order valence-electron chi connectivity index (χ0n) is 27.7. The van der Waals surface area contributed by atoms with Gasteiger partial charge >= 0.3 is 0 Å². The first-order valence-corrected chi connectivity index (χ1v) is 17.3. The monoisotopic (exact) mass is 685 g/mol. The van der Waals surface area contributed by atoms with Crippen LogP contribution in [0.1, 0.15) is 38.5 Å². The molecule has 5 aliphatic rings. The largest absolute Gasteiger partial charge is 0.396 e. The number of aliphatic hydroxyl groups excluding tert-OH is 6. The lowest BCUT2D eigenvalue weighted by atomic mass is 9.51. The third kappa shape index (κ3) is 7.30. The fourth-order valence-electron chi connectivity index (χ4n) is 9.14. The number of aliphatic hydroxyl groups is 6. The highest BCUT2D eigenvalue weighted by Gasteiger charge is 2.63. The van der Waals surface area contributed by atoms with Gasteiger partial charge in [-0.05, 0) is 50.5 Å². The normalized spacial score (nSPS) is 46.9. The molecule has 12 N–H and O–H groups in total. The summed E-state index contributed by atoms with van der Waals surface area (Å²) in [7, 11) is 2.98. The quantitative estimate of drug-likeness (QED) is 0.0786. The average molecular weight is 686 g/mol. The van der Waals surface area contributed by atoms with Gasteiger partial charge in [0.05, 0.1) is 42.9 Å². The Bertz CT molecular complexity index is 1140. The molecule has 2 heterocycles. The first kappa shape index (κ1) is 37.4. The lowest BCUT2D eigenvalue weighted by Crippen LogP contribution is -2.66. The Morgan fingerprint density at radius 3 is 2.31 bits per heavy atom. The number of nitrogens with zero attached hydrogens (tertiary/aromatic N) is 1. The summed E-state index contributed by atoms with van der Waals surface area (Å²) in [6.45, 7) is -0.0591. The molecule has 2 aliphatic heterocycles. The third-order valence-corrected chi connectivity index (χ3v) is 11.9. The number of aliphatic imine (C=N–C) groups is 1. The number of methoxy groups -OCH3 is 1. The van der Waals surface area contributed by atoms with Gasteiger partial charge in [-0.3, -0.25) is 14.6 Å². The molecule has 2 saturated heterocycles. The molecule has 0 bridgehead atoms. The number of fused-ring (bicyclic) bond motifs is 2. The molecule has 0 radical (unpaired) electrons. The van der Waals surface area contributed by atoms with Crippen molar-refractivity contribution >= 4 is 17.5 Å². The van der Waals surface area contributed by atoms with Gasteiger partial charge in [0.15, 0.2) is 12.2 Å². The maximum atomic E-state index is 14.6. The van der Waals surface area contributed by atoms with E-state index in [0.29, 0.717) is 12.3 Å². The summed E-state index contributed by atoms with van der Waals surface area (Å²) in [5.41, 5.74) is 12.0. The topological polar surface area (TPSA) is 272 Å². The van der Waals surface area contributed by atoms with Gasteiger partial charge in [-0.1, -0.05) is 0 Å². The summed E-state index contributed by atoms with van der Waals surface area (Å²) in [6, 6.07) is 0. The maximum Gasteiger partial charge on any atom is 0.188 e. The number of piperidine rings is 1. The van der Waals surface area contributed by atoms with Gasteiger partial charge in [0.2, 0.25) is 0 Å². The minimum Gasteiger partial charge on any atom is -0.396 e. The predicted molar refractivity (Wildman–Crippen MR) is 170 cm³/mol. The summed E-state index contributed by atoms with van der Waals surface area (Å²) in [6.07, 6.45) is -6.98. The van der Waals surface area contributed by atoms with Crippen molar-refractivity contribution in [3.05, 3.63) is 0 Å². The number of hydrogen-bond acceptors (Lipinski definition) is 14. The Balaban J connectivity index is 1.43. The van der Waals surface area contributed by atoms with E-state index in [1.807, 2.05) is 0 Å². The van der Waals surface area contributed by atoms with E-state index < -0.39 is 97.7 Å². The Kier molecular flexibility index (Phi) is 12.5. The third-order valence-electron chi connectivity index (χ3n) is 11.9. The maximum absolute atomic E-state index is 14.6. The van der Waals surface area contributed by atoms with Crippen LogP contribution in [0, 0.1) is 47.3 Å². The molecular formula is C32H55N5O11. The van der Waals surface area contributed by atoms with Crippen molar-refractivity contribution in [2.45, 2.75) is 93.7 Å². The molecule has 3 saturated carbocycles. The molecule has 0 aromatic rings. The molecule has 0 aromatic heterocycles. The van der Waals surface area contributed by atoms with Crippen LogP contribution in [-0.4, -0.2) is 144 Å². The van der Waals surface area contributed by atoms with E-state index >= 15 is 0 Å². The zero-order valence-corrected chi connectivity index (χ0v) is 27.7. The van der Waals surface area contributed by atoms with Crippen LogP contribution >= 0.6 is 0 Å². The van der Waals surface area contributed by atoms with Crippen LogP contribution in [0.5, 0.6) is 0 Å². The summed E-state index contributed by atoms with van der Waals surface area (Å²) in [5.74, 6) is -5.25. The summed E-state index contributed by atoms with van der Waals surface area (Å²) in [5, 5.41) is 69.9. The number of Topliss-reactive ketones (excluding diaryl/α,β-unsaturated/α-hetero) is 2. The van der Waals surface area contributed by atoms with E-state index in [1.165, 1.54) is 7.11 Å². The number of carbonyl (C=O) groups is 2. The smallest absolute Gasteiger partial charge is 0.188 e. The van der Waals surface area contributed by atoms with Gasteiger partial charge in [-0.2, -0.15) is 0 Å². The van der Waals surface area contributed by atoms with E-state index in [4.69, 9.17) is 25.7 Å². The fraction of sp³-hybridized carbons (Fsp3) is 0.906. The first-order chi connectivity index (χ1) is 22.9. The van der Waals surface area contributed by atoms with Gasteiger partial charge in [-0.15, -0.1) is 0 Å². The predicted octanol–water partition coefficient (Wildman–Crippen LogP) is -3.59. The number of ketones is 2.